The molecule has 0 unspecified atom stereocenters. The largest absolute Gasteiger partial charge is 0.367 e. The Hall–Kier alpha value is -1.99. The molecule has 0 amide bonds. The Balaban J connectivity index is 1.86. The van der Waals surface area contributed by atoms with Gasteiger partial charge in [0.15, 0.2) is 4.91 Å². The minimum atomic E-state index is -4.02. The lowest BCUT2D eigenvalue weighted by molar-refractivity contribution is 0.0952. The van der Waals surface area contributed by atoms with Gasteiger partial charge in [-0.3, -0.25) is 9.59 Å². The molecule has 7 heteroatoms. The van der Waals surface area contributed by atoms with Gasteiger partial charge in [-0.25, -0.2) is 8.42 Å². The highest BCUT2D eigenvalue weighted by Gasteiger charge is 2.44. The lowest BCUT2D eigenvalue weighted by atomic mass is 9.92. The third-order valence-electron chi connectivity index (χ3n) is 5.82. The van der Waals surface area contributed by atoms with Gasteiger partial charge in [-0.05, 0) is 31.6 Å². The van der Waals surface area contributed by atoms with Crippen molar-refractivity contribution in [2.75, 3.05) is 26.2 Å². The number of sulfonamides is 1. The van der Waals surface area contributed by atoms with Crippen molar-refractivity contribution in [2.24, 2.45) is 5.92 Å². The van der Waals surface area contributed by atoms with E-state index in [2.05, 4.69) is 6.92 Å². The molecule has 2 aliphatic heterocycles. The number of piperidine rings is 1. The Morgan fingerprint density at radius 1 is 0.889 bits per heavy atom. The zero-order valence-electron chi connectivity index (χ0n) is 15.5. The Kier molecular flexibility index (Phi) is 4.68. The molecule has 0 saturated carbocycles. The molecule has 0 N–H and O–H groups in total. The van der Waals surface area contributed by atoms with E-state index in [0.717, 1.165) is 25.7 Å². The summed E-state index contributed by atoms with van der Waals surface area (Å²) in [5.41, 5.74) is 0.569. The number of hydrogen-bond acceptors (Lipinski definition) is 5. The standard InChI is InChI=1S/C20H24N2O4S/c1-14-8-12-22(13-9-14)27(25,26)20-17(21-10-4-5-11-21)18(23)15-6-2-3-7-16(15)19(20)24/h2-3,6-7,14H,4-5,8-13H2,1H3. The number of nitrogens with zero attached hydrogens (tertiary/aromatic N) is 2. The number of rotatable bonds is 3. The molecular weight excluding hydrogens is 364 g/mol. The van der Waals surface area contributed by atoms with Crippen LogP contribution in [-0.2, 0) is 10.0 Å². The molecule has 6 nitrogen and oxygen atoms in total. The molecule has 2 fully saturated rings. The molecule has 4 rings (SSSR count). The highest BCUT2D eigenvalue weighted by Crippen LogP contribution is 2.35. The van der Waals surface area contributed by atoms with Crippen LogP contribution in [0.1, 0.15) is 53.3 Å². The molecule has 0 aromatic heterocycles. The van der Waals surface area contributed by atoms with E-state index in [0.29, 0.717) is 37.7 Å². The number of carbonyl (C=O) groups is 2. The number of carbonyl (C=O) groups excluding carboxylic acids is 2. The van der Waals surface area contributed by atoms with Crippen molar-refractivity contribution in [3.8, 4) is 0 Å². The number of allylic oxidation sites excluding steroid dienone is 2. The van der Waals surface area contributed by atoms with Gasteiger partial charge in [0, 0.05) is 37.3 Å². The summed E-state index contributed by atoms with van der Waals surface area (Å²) in [4.78, 5) is 27.9. The number of benzene rings is 1. The van der Waals surface area contributed by atoms with Crippen LogP contribution in [0.3, 0.4) is 0 Å². The molecule has 0 radical (unpaired) electrons. The quantitative estimate of drug-likeness (QED) is 0.795. The average molecular weight is 388 g/mol. The zero-order valence-corrected chi connectivity index (χ0v) is 16.3. The van der Waals surface area contributed by atoms with Gasteiger partial charge in [-0.1, -0.05) is 31.2 Å². The summed E-state index contributed by atoms with van der Waals surface area (Å²) >= 11 is 0. The summed E-state index contributed by atoms with van der Waals surface area (Å²) in [5.74, 6) is -0.435. The Morgan fingerprint density at radius 2 is 1.44 bits per heavy atom. The summed E-state index contributed by atoms with van der Waals surface area (Å²) in [6.07, 6.45) is 3.32. The first-order chi connectivity index (χ1) is 12.9. The van der Waals surface area contributed by atoms with Gasteiger partial charge in [0.05, 0.1) is 0 Å². The van der Waals surface area contributed by atoms with Crippen LogP contribution in [0.25, 0.3) is 0 Å². The summed E-state index contributed by atoms with van der Waals surface area (Å²) in [6, 6.07) is 6.52. The third-order valence-corrected chi connectivity index (χ3v) is 7.76. The number of ketones is 2. The van der Waals surface area contributed by atoms with E-state index < -0.39 is 15.8 Å². The molecule has 1 aromatic carbocycles. The molecule has 0 atom stereocenters. The molecule has 2 heterocycles. The molecule has 0 spiro atoms. The monoisotopic (exact) mass is 388 g/mol. The van der Waals surface area contributed by atoms with Crippen LogP contribution in [0.15, 0.2) is 34.9 Å². The maximum atomic E-state index is 13.4. The van der Waals surface area contributed by atoms with Gasteiger partial charge in [-0.15, -0.1) is 0 Å². The van der Waals surface area contributed by atoms with Crippen molar-refractivity contribution >= 4 is 21.6 Å². The average Bonchev–Trinajstić information content (AvgIpc) is 3.19. The van der Waals surface area contributed by atoms with Crippen molar-refractivity contribution < 1.29 is 18.0 Å². The van der Waals surface area contributed by atoms with Crippen LogP contribution < -0.4 is 0 Å². The molecule has 2 saturated heterocycles. The van der Waals surface area contributed by atoms with Crippen LogP contribution in [0, 0.1) is 5.92 Å². The molecule has 144 valence electrons. The lowest BCUT2D eigenvalue weighted by Gasteiger charge is -2.33. The minimum absolute atomic E-state index is 0.0785. The normalized spacial score (nSPS) is 22.5. The van der Waals surface area contributed by atoms with E-state index in [4.69, 9.17) is 0 Å². The number of likely N-dealkylation sites (tertiary alicyclic amines) is 1. The van der Waals surface area contributed by atoms with E-state index in [-0.39, 0.29) is 21.9 Å². The predicted octanol–water partition coefficient (Wildman–Crippen LogP) is 2.43. The third kappa shape index (κ3) is 3.02. The Bertz CT molecular complexity index is 921. The van der Waals surface area contributed by atoms with Gasteiger partial charge in [0.1, 0.15) is 5.70 Å². The van der Waals surface area contributed by atoms with E-state index in [1.165, 1.54) is 4.31 Å². The maximum Gasteiger partial charge on any atom is 0.249 e. The fraction of sp³-hybridized carbons (Fsp3) is 0.500. The molecule has 0 bridgehead atoms. The molecular formula is C20H24N2O4S. The van der Waals surface area contributed by atoms with Crippen molar-refractivity contribution in [1.29, 1.82) is 0 Å². The SMILES string of the molecule is CC1CCN(S(=O)(=O)C2=C(N3CCCC3)C(=O)c3ccccc3C2=O)CC1. The van der Waals surface area contributed by atoms with Crippen LogP contribution in [0.4, 0.5) is 0 Å². The second-order valence-corrected chi connectivity index (χ2v) is 9.54. The smallest absolute Gasteiger partial charge is 0.249 e. The van der Waals surface area contributed by atoms with Crippen LogP contribution in [-0.4, -0.2) is 55.4 Å². The lowest BCUT2D eigenvalue weighted by Crippen LogP contribution is -2.43. The number of Topliss-reactive ketones (excluding diaryl/α,β-unsaturated/α-hetero) is 2. The first-order valence-electron chi connectivity index (χ1n) is 9.59. The molecule has 1 aromatic rings. The first-order valence-corrected chi connectivity index (χ1v) is 11.0. The first kappa shape index (κ1) is 18.4. The van der Waals surface area contributed by atoms with E-state index in [1.54, 1.807) is 29.2 Å². The molecule has 3 aliphatic rings. The number of hydrogen-bond donors (Lipinski definition) is 0. The van der Waals surface area contributed by atoms with Crippen LogP contribution in [0.2, 0.25) is 0 Å². The summed E-state index contributed by atoms with van der Waals surface area (Å²) in [5, 5.41) is 0. The maximum absolute atomic E-state index is 13.4. The topological polar surface area (TPSA) is 74.8 Å². The number of fused-ring (bicyclic) bond motifs is 1. The van der Waals surface area contributed by atoms with E-state index in [1.807, 2.05) is 0 Å². The summed E-state index contributed by atoms with van der Waals surface area (Å²) in [6.45, 7) is 4.09. The van der Waals surface area contributed by atoms with E-state index >= 15 is 0 Å². The summed E-state index contributed by atoms with van der Waals surface area (Å²) < 4.78 is 28.3. The van der Waals surface area contributed by atoms with Crippen LogP contribution >= 0.6 is 0 Å². The fourth-order valence-electron chi connectivity index (χ4n) is 4.16. The Labute approximate surface area is 159 Å². The van der Waals surface area contributed by atoms with Crippen molar-refractivity contribution in [3.05, 3.63) is 46.0 Å². The second kappa shape index (κ2) is 6.87. The van der Waals surface area contributed by atoms with Crippen molar-refractivity contribution in [3.63, 3.8) is 0 Å². The minimum Gasteiger partial charge on any atom is -0.367 e. The second-order valence-electron chi connectivity index (χ2n) is 7.66. The van der Waals surface area contributed by atoms with Gasteiger partial charge in [-0.2, -0.15) is 4.31 Å². The van der Waals surface area contributed by atoms with Gasteiger partial charge in [0.25, 0.3) is 0 Å². The van der Waals surface area contributed by atoms with Crippen molar-refractivity contribution in [2.45, 2.75) is 32.6 Å². The van der Waals surface area contributed by atoms with E-state index in [9.17, 15) is 18.0 Å². The molecule has 27 heavy (non-hydrogen) atoms. The fourth-order valence-corrected chi connectivity index (χ4v) is 5.92. The highest BCUT2D eigenvalue weighted by atomic mass is 32.2. The molecule has 1 aliphatic carbocycles. The Morgan fingerprint density at radius 3 is 2.04 bits per heavy atom. The van der Waals surface area contributed by atoms with Gasteiger partial charge < -0.3 is 4.90 Å². The predicted molar refractivity (Wildman–Crippen MR) is 102 cm³/mol. The van der Waals surface area contributed by atoms with Crippen molar-refractivity contribution in [1.82, 2.24) is 9.21 Å². The van der Waals surface area contributed by atoms with Gasteiger partial charge >= 0.3 is 0 Å². The zero-order chi connectivity index (χ0) is 19.2. The summed E-state index contributed by atoms with van der Waals surface area (Å²) in [7, 11) is -4.02. The highest BCUT2D eigenvalue weighted by molar-refractivity contribution is 7.94. The van der Waals surface area contributed by atoms with Gasteiger partial charge in [0.2, 0.25) is 21.6 Å². The van der Waals surface area contributed by atoms with Crippen LogP contribution in [0.5, 0.6) is 0 Å².